The van der Waals surface area contributed by atoms with Gasteiger partial charge in [-0.05, 0) is 25.0 Å². The van der Waals surface area contributed by atoms with E-state index in [1.54, 1.807) is 6.07 Å². The summed E-state index contributed by atoms with van der Waals surface area (Å²) in [5.74, 6) is -0.202. The molecule has 1 heterocycles. The highest BCUT2D eigenvalue weighted by Crippen LogP contribution is 2.29. The fraction of sp³-hybridized carbons (Fsp3) is 0.500. The minimum absolute atomic E-state index is 0.242. The number of methoxy groups -OCH3 is 1. The maximum absolute atomic E-state index is 13.2. The van der Waals surface area contributed by atoms with E-state index in [9.17, 15) is 9.18 Å². The molecule has 1 atom stereocenters. The second kappa shape index (κ2) is 5.57. The van der Waals surface area contributed by atoms with Gasteiger partial charge in [0, 0.05) is 12.5 Å². The molecule has 1 aromatic carbocycles. The summed E-state index contributed by atoms with van der Waals surface area (Å²) in [6.45, 7) is 2.96. The Bertz CT molecular complexity index is 469. The van der Waals surface area contributed by atoms with E-state index in [2.05, 4.69) is 4.74 Å². The van der Waals surface area contributed by atoms with Gasteiger partial charge in [-0.1, -0.05) is 6.07 Å². The van der Waals surface area contributed by atoms with Crippen LogP contribution in [0.5, 0.6) is 5.75 Å². The lowest BCUT2D eigenvalue weighted by Crippen LogP contribution is -2.17. The van der Waals surface area contributed by atoms with Crippen LogP contribution < -0.4 is 4.74 Å². The fourth-order valence-corrected chi connectivity index (χ4v) is 1.65. The third kappa shape index (κ3) is 3.92. The van der Waals surface area contributed by atoms with E-state index in [0.717, 1.165) is 5.56 Å². The average Bonchev–Trinajstić information content (AvgIpc) is 3.13. The molecule has 1 saturated heterocycles. The molecule has 5 heteroatoms. The number of hydrogen-bond donors (Lipinski definition) is 0. The van der Waals surface area contributed by atoms with Crippen LogP contribution in [0.2, 0.25) is 0 Å². The molecule has 2 rings (SSSR count). The number of rotatable bonds is 6. The van der Waals surface area contributed by atoms with Crippen LogP contribution >= 0.6 is 0 Å². The van der Waals surface area contributed by atoms with Gasteiger partial charge in [-0.3, -0.25) is 4.79 Å². The van der Waals surface area contributed by atoms with Gasteiger partial charge in [0.1, 0.15) is 23.8 Å². The summed E-state index contributed by atoms with van der Waals surface area (Å²) in [7, 11) is 1.34. The molecule has 19 heavy (non-hydrogen) atoms. The van der Waals surface area contributed by atoms with E-state index in [1.807, 2.05) is 6.92 Å². The second-order valence-electron chi connectivity index (χ2n) is 4.86. The molecule has 1 aliphatic heterocycles. The van der Waals surface area contributed by atoms with Gasteiger partial charge in [0.25, 0.3) is 0 Å². The molecule has 0 amide bonds. The van der Waals surface area contributed by atoms with E-state index < -0.39 is 0 Å². The van der Waals surface area contributed by atoms with Crippen LogP contribution in [-0.4, -0.2) is 31.9 Å². The summed E-state index contributed by atoms with van der Waals surface area (Å²) in [6.07, 6.45) is 0.701. The quantitative estimate of drug-likeness (QED) is 0.585. The molecule has 1 fully saturated rings. The third-order valence-corrected chi connectivity index (χ3v) is 3.03. The van der Waals surface area contributed by atoms with Gasteiger partial charge >= 0.3 is 5.97 Å². The lowest BCUT2D eigenvalue weighted by atomic mass is 10.1. The van der Waals surface area contributed by atoms with Crippen LogP contribution in [0, 0.1) is 5.82 Å². The van der Waals surface area contributed by atoms with Crippen LogP contribution in [0.4, 0.5) is 4.39 Å². The summed E-state index contributed by atoms with van der Waals surface area (Å²) in [4.78, 5) is 11.1. The highest BCUT2D eigenvalue weighted by atomic mass is 19.1. The van der Waals surface area contributed by atoms with Gasteiger partial charge in [0.15, 0.2) is 0 Å². The first-order valence-corrected chi connectivity index (χ1v) is 6.14. The molecule has 104 valence electrons. The van der Waals surface area contributed by atoms with E-state index in [-0.39, 0.29) is 23.8 Å². The Morgan fingerprint density at radius 1 is 1.53 bits per heavy atom. The monoisotopic (exact) mass is 268 g/mol. The molecule has 0 N–H and O–H groups in total. The number of benzene rings is 1. The van der Waals surface area contributed by atoms with Crippen molar-refractivity contribution in [3.8, 4) is 5.75 Å². The largest absolute Gasteiger partial charge is 0.490 e. The number of carbonyl (C=O) groups excluding carboxylic acids is 1. The molecule has 0 saturated carbocycles. The molecule has 0 aromatic heterocycles. The van der Waals surface area contributed by atoms with Crippen molar-refractivity contribution in [2.24, 2.45) is 0 Å². The first-order valence-electron chi connectivity index (χ1n) is 6.14. The van der Waals surface area contributed by atoms with Crippen molar-refractivity contribution in [1.82, 2.24) is 0 Å². The van der Waals surface area contributed by atoms with Crippen molar-refractivity contribution in [3.05, 3.63) is 29.6 Å². The Hall–Kier alpha value is -1.62. The minimum Gasteiger partial charge on any atom is -0.490 e. The molecule has 1 aliphatic rings. The molecule has 0 aliphatic carbocycles. The van der Waals surface area contributed by atoms with Crippen molar-refractivity contribution < 1.29 is 23.4 Å². The molecular weight excluding hydrogens is 251 g/mol. The van der Waals surface area contributed by atoms with Crippen molar-refractivity contribution >= 4 is 5.97 Å². The number of hydrogen-bond acceptors (Lipinski definition) is 4. The van der Waals surface area contributed by atoms with Gasteiger partial charge in [-0.25, -0.2) is 4.39 Å². The smallest absolute Gasteiger partial charge is 0.305 e. The van der Waals surface area contributed by atoms with Gasteiger partial charge in [-0.15, -0.1) is 0 Å². The predicted octanol–water partition coefficient (Wildman–Crippen LogP) is 2.10. The standard InChI is InChI=1S/C14H17FO4/c1-14(9-19-14)8-18-12-7-11(15)5-3-10(12)4-6-13(16)17-2/h3,5,7H,4,6,8-9H2,1-2H3/t14-/m1/s1. The summed E-state index contributed by atoms with van der Waals surface area (Å²) < 4.78 is 28.6. The number of ether oxygens (including phenoxy) is 3. The second-order valence-corrected chi connectivity index (χ2v) is 4.86. The van der Waals surface area contributed by atoms with E-state index in [1.165, 1.54) is 19.2 Å². The minimum atomic E-state index is -0.362. The number of aryl methyl sites for hydroxylation is 1. The number of esters is 1. The number of epoxide rings is 1. The molecule has 0 radical (unpaired) electrons. The van der Waals surface area contributed by atoms with E-state index in [0.29, 0.717) is 25.4 Å². The first kappa shape index (κ1) is 13.8. The first-order chi connectivity index (χ1) is 9.02. The highest BCUT2D eigenvalue weighted by Gasteiger charge is 2.40. The third-order valence-electron chi connectivity index (χ3n) is 3.03. The van der Waals surface area contributed by atoms with Gasteiger partial charge in [0.05, 0.1) is 13.7 Å². The lowest BCUT2D eigenvalue weighted by Gasteiger charge is -2.13. The molecule has 0 spiro atoms. The maximum atomic E-state index is 13.2. The van der Waals surface area contributed by atoms with Crippen molar-refractivity contribution in [3.63, 3.8) is 0 Å². The van der Waals surface area contributed by atoms with Crippen LogP contribution in [0.1, 0.15) is 18.9 Å². The van der Waals surface area contributed by atoms with Gasteiger partial charge in [-0.2, -0.15) is 0 Å². The molecule has 1 aromatic rings. The summed E-state index contributed by atoms with van der Waals surface area (Å²) in [5.41, 5.74) is 0.530. The Kier molecular flexibility index (Phi) is 4.04. The molecule has 4 nitrogen and oxygen atoms in total. The zero-order chi connectivity index (χ0) is 13.9. The lowest BCUT2D eigenvalue weighted by molar-refractivity contribution is -0.140. The van der Waals surface area contributed by atoms with E-state index in [4.69, 9.17) is 9.47 Å². The molecule has 0 unspecified atom stereocenters. The van der Waals surface area contributed by atoms with E-state index >= 15 is 0 Å². The van der Waals surface area contributed by atoms with Gasteiger partial charge in [0.2, 0.25) is 0 Å². The van der Waals surface area contributed by atoms with Crippen LogP contribution in [0.15, 0.2) is 18.2 Å². The fourth-order valence-electron chi connectivity index (χ4n) is 1.65. The van der Waals surface area contributed by atoms with Crippen molar-refractivity contribution in [1.29, 1.82) is 0 Å². The highest BCUT2D eigenvalue weighted by molar-refractivity contribution is 5.69. The maximum Gasteiger partial charge on any atom is 0.305 e. The Balaban J connectivity index is 2.01. The van der Waals surface area contributed by atoms with Gasteiger partial charge < -0.3 is 14.2 Å². The number of carbonyl (C=O) groups is 1. The van der Waals surface area contributed by atoms with Crippen molar-refractivity contribution in [2.75, 3.05) is 20.3 Å². The predicted molar refractivity (Wildman–Crippen MR) is 66.6 cm³/mol. The van der Waals surface area contributed by atoms with Crippen LogP contribution in [0.25, 0.3) is 0 Å². The average molecular weight is 268 g/mol. The normalized spacial score (nSPS) is 21.0. The molecule has 0 bridgehead atoms. The zero-order valence-electron chi connectivity index (χ0n) is 11.1. The summed E-state index contributed by atoms with van der Waals surface area (Å²) in [6, 6.07) is 4.32. The number of halogens is 1. The van der Waals surface area contributed by atoms with Crippen LogP contribution in [-0.2, 0) is 20.7 Å². The SMILES string of the molecule is COC(=O)CCc1ccc(F)cc1OC[C@]1(C)CO1. The topological polar surface area (TPSA) is 48.1 Å². The van der Waals surface area contributed by atoms with Crippen LogP contribution in [0.3, 0.4) is 0 Å². The summed E-state index contributed by atoms with van der Waals surface area (Å²) >= 11 is 0. The Morgan fingerprint density at radius 3 is 2.89 bits per heavy atom. The Labute approximate surface area is 111 Å². The summed E-state index contributed by atoms with van der Waals surface area (Å²) in [5, 5.41) is 0. The molecular formula is C14H17FO4. The van der Waals surface area contributed by atoms with Crippen molar-refractivity contribution in [2.45, 2.75) is 25.4 Å². The zero-order valence-corrected chi connectivity index (χ0v) is 11.1. The Morgan fingerprint density at radius 2 is 2.26 bits per heavy atom.